The van der Waals surface area contributed by atoms with Gasteiger partial charge in [-0.2, -0.15) is 0 Å². The van der Waals surface area contributed by atoms with Crippen molar-refractivity contribution < 1.29 is 14.4 Å². The van der Waals surface area contributed by atoms with Crippen LogP contribution in [-0.4, -0.2) is 46.9 Å². The van der Waals surface area contributed by atoms with E-state index in [9.17, 15) is 14.4 Å². The van der Waals surface area contributed by atoms with Crippen molar-refractivity contribution in [3.63, 3.8) is 0 Å². The molecule has 0 aromatic heterocycles. The molecule has 6 heteroatoms. The Morgan fingerprint density at radius 1 is 1.15 bits per heavy atom. The zero-order valence-electron chi connectivity index (χ0n) is 14.8. The van der Waals surface area contributed by atoms with E-state index in [4.69, 9.17) is 0 Å². The lowest BCUT2D eigenvalue weighted by molar-refractivity contribution is -0.136. The first-order chi connectivity index (χ1) is 12.5. The van der Waals surface area contributed by atoms with Crippen LogP contribution in [0.2, 0.25) is 0 Å². The number of allylic oxidation sites excluding steroid dienone is 1. The molecule has 134 valence electrons. The molecule has 0 fully saturated rings. The first-order valence-corrected chi connectivity index (χ1v) is 9.33. The summed E-state index contributed by atoms with van der Waals surface area (Å²) in [6.07, 6.45) is 4.83. The molecule has 2 aliphatic rings. The second-order valence-electron chi connectivity index (χ2n) is 6.12. The minimum Gasteiger partial charge on any atom is -0.337 e. The molecule has 0 spiro atoms. The minimum absolute atomic E-state index is 0.0457. The molecule has 0 saturated heterocycles. The number of benzene rings is 1. The lowest BCUT2D eigenvalue weighted by Crippen LogP contribution is -2.33. The number of fused-ring (bicyclic) bond motifs is 1. The molecule has 0 unspecified atom stereocenters. The average Bonchev–Trinajstić information content (AvgIpc) is 3.03. The molecule has 0 N–H and O–H groups in total. The van der Waals surface area contributed by atoms with Crippen molar-refractivity contribution in [2.45, 2.75) is 18.4 Å². The number of amides is 3. The van der Waals surface area contributed by atoms with Gasteiger partial charge in [-0.25, -0.2) is 0 Å². The highest BCUT2D eigenvalue weighted by Gasteiger charge is 2.34. The fourth-order valence-corrected chi connectivity index (χ4v) is 4.03. The van der Waals surface area contributed by atoms with Crippen LogP contribution in [0.25, 0.3) is 0 Å². The first kappa shape index (κ1) is 18.2. The highest BCUT2D eigenvalue weighted by molar-refractivity contribution is 7.99. The summed E-state index contributed by atoms with van der Waals surface area (Å²) in [4.78, 5) is 40.7. The zero-order chi connectivity index (χ0) is 18.8. The number of carbonyl (C=O) groups is 3. The zero-order valence-corrected chi connectivity index (χ0v) is 15.6. The highest BCUT2D eigenvalue weighted by Crippen LogP contribution is 2.28. The van der Waals surface area contributed by atoms with E-state index in [-0.39, 0.29) is 17.7 Å². The van der Waals surface area contributed by atoms with E-state index >= 15 is 0 Å². The van der Waals surface area contributed by atoms with Crippen LogP contribution in [0.1, 0.15) is 22.8 Å². The molecule has 0 saturated carbocycles. The smallest absolute Gasteiger partial charge is 0.261 e. The summed E-state index contributed by atoms with van der Waals surface area (Å²) < 4.78 is 0. The molecule has 1 aromatic rings. The summed E-state index contributed by atoms with van der Waals surface area (Å²) in [6, 6.07) is 5.76. The van der Waals surface area contributed by atoms with Crippen molar-refractivity contribution in [2.75, 3.05) is 19.3 Å². The maximum Gasteiger partial charge on any atom is 0.261 e. The van der Waals surface area contributed by atoms with Gasteiger partial charge >= 0.3 is 0 Å². The Morgan fingerprint density at radius 3 is 2.58 bits per heavy atom. The van der Waals surface area contributed by atoms with Gasteiger partial charge in [-0.3, -0.25) is 19.3 Å². The van der Waals surface area contributed by atoms with Crippen molar-refractivity contribution in [2.24, 2.45) is 0 Å². The van der Waals surface area contributed by atoms with Gasteiger partial charge in [0.2, 0.25) is 0 Å². The number of carbonyl (C=O) groups excluding carboxylic acids is 3. The van der Waals surface area contributed by atoms with Gasteiger partial charge in [0.1, 0.15) is 0 Å². The van der Waals surface area contributed by atoms with E-state index in [0.29, 0.717) is 30.0 Å². The molecule has 26 heavy (non-hydrogen) atoms. The van der Waals surface area contributed by atoms with Gasteiger partial charge in [0.05, 0.1) is 11.1 Å². The summed E-state index contributed by atoms with van der Waals surface area (Å²) >= 11 is 1.56. The van der Waals surface area contributed by atoms with Gasteiger partial charge in [0, 0.05) is 36.3 Å². The monoisotopic (exact) mass is 368 g/mol. The van der Waals surface area contributed by atoms with Crippen LogP contribution in [0.3, 0.4) is 0 Å². The quantitative estimate of drug-likeness (QED) is 0.572. The van der Waals surface area contributed by atoms with E-state index in [2.05, 4.69) is 6.58 Å². The molecule has 3 amide bonds. The molecule has 2 aliphatic heterocycles. The lowest BCUT2D eigenvalue weighted by atomic mass is 10.1. The van der Waals surface area contributed by atoms with Crippen molar-refractivity contribution in [3.05, 3.63) is 65.3 Å². The predicted octanol–water partition coefficient (Wildman–Crippen LogP) is 2.79. The molecule has 0 radical (unpaired) electrons. The highest BCUT2D eigenvalue weighted by atomic mass is 32.2. The molecule has 2 heterocycles. The molecule has 1 aromatic carbocycles. The van der Waals surface area contributed by atoms with E-state index in [1.54, 1.807) is 42.8 Å². The molecule has 3 rings (SSSR count). The van der Waals surface area contributed by atoms with Gasteiger partial charge in [-0.05, 0) is 30.7 Å². The Morgan fingerprint density at radius 2 is 1.88 bits per heavy atom. The van der Waals surface area contributed by atoms with E-state index in [1.165, 1.54) is 11.0 Å². The number of imide groups is 1. The summed E-state index contributed by atoms with van der Waals surface area (Å²) in [6.45, 7) is 6.39. The second kappa shape index (κ2) is 7.33. The van der Waals surface area contributed by atoms with Crippen LogP contribution in [0, 0.1) is 0 Å². The summed E-state index contributed by atoms with van der Waals surface area (Å²) in [5.41, 5.74) is 2.52. The number of rotatable bonds is 6. The number of thioether (sulfide) groups is 1. The van der Waals surface area contributed by atoms with Gasteiger partial charge in [-0.15, -0.1) is 11.8 Å². The maximum atomic E-state index is 12.4. The Hall–Kier alpha value is -2.60. The number of hydrogen-bond donors (Lipinski definition) is 0. The molecule has 5 nitrogen and oxygen atoms in total. The normalized spacial score (nSPS) is 17.1. The largest absolute Gasteiger partial charge is 0.337 e. The Balaban J connectivity index is 1.64. The van der Waals surface area contributed by atoms with E-state index < -0.39 is 0 Å². The van der Waals surface area contributed by atoms with E-state index in [1.807, 2.05) is 18.2 Å². The van der Waals surface area contributed by atoms with Crippen molar-refractivity contribution in [1.82, 2.24) is 9.80 Å². The van der Waals surface area contributed by atoms with Crippen LogP contribution in [0.4, 0.5) is 0 Å². The third kappa shape index (κ3) is 3.12. The Kier molecular flexibility index (Phi) is 5.13. The van der Waals surface area contributed by atoms with Crippen molar-refractivity contribution in [1.29, 1.82) is 0 Å². The van der Waals surface area contributed by atoms with Gasteiger partial charge in [-0.1, -0.05) is 24.8 Å². The number of hydrogen-bond acceptors (Lipinski definition) is 4. The molecular weight excluding hydrogens is 348 g/mol. The lowest BCUT2D eigenvalue weighted by Gasteiger charge is -2.14. The first-order valence-electron chi connectivity index (χ1n) is 8.34. The predicted molar refractivity (Wildman–Crippen MR) is 102 cm³/mol. The van der Waals surface area contributed by atoms with E-state index in [0.717, 1.165) is 16.0 Å². The summed E-state index contributed by atoms with van der Waals surface area (Å²) in [7, 11) is 1.78. The van der Waals surface area contributed by atoms with Crippen LogP contribution in [0.5, 0.6) is 0 Å². The van der Waals surface area contributed by atoms with Crippen molar-refractivity contribution >= 4 is 29.5 Å². The topological polar surface area (TPSA) is 57.7 Å². The maximum absolute atomic E-state index is 12.4. The van der Waals surface area contributed by atoms with Gasteiger partial charge in [0.15, 0.2) is 0 Å². The molecule has 0 atom stereocenters. The second-order valence-corrected chi connectivity index (χ2v) is 7.29. The molecule has 0 bridgehead atoms. The molecular formula is C20H20N2O3S. The SMILES string of the molecule is C=CC1=C(/C=C\C)C(=O)N(CCSc2ccc3c(c2)CN(C)C3=O)C1=O. The Bertz CT molecular complexity index is 870. The minimum atomic E-state index is -0.292. The van der Waals surface area contributed by atoms with Gasteiger partial charge < -0.3 is 4.90 Å². The van der Waals surface area contributed by atoms with Crippen molar-refractivity contribution in [3.8, 4) is 0 Å². The molecule has 0 aliphatic carbocycles. The third-order valence-electron chi connectivity index (χ3n) is 4.42. The third-order valence-corrected chi connectivity index (χ3v) is 5.40. The van der Waals surface area contributed by atoms with Crippen LogP contribution < -0.4 is 0 Å². The standard InChI is InChI=1S/C20H20N2O3S/c1-4-6-17-15(5-2)19(24)22(20(17)25)9-10-26-14-7-8-16-13(11-14)12-21(3)18(16)23/h4-8,11H,2,9-10,12H2,1,3H3/b6-4-. The summed E-state index contributed by atoms with van der Waals surface area (Å²) in [5, 5.41) is 0. The van der Waals surface area contributed by atoms with Crippen LogP contribution >= 0.6 is 11.8 Å². The summed E-state index contributed by atoms with van der Waals surface area (Å²) in [5.74, 6) is 0.0714. The average molecular weight is 368 g/mol. The Labute approximate surface area is 157 Å². The van der Waals surface area contributed by atoms with Crippen LogP contribution in [0.15, 0.2) is 59.0 Å². The number of nitrogens with zero attached hydrogens (tertiary/aromatic N) is 2. The fraction of sp³-hybridized carbons (Fsp3) is 0.250. The van der Waals surface area contributed by atoms with Gasteiger partial charge in [0.25, 0.3) is 17.7 Å². The van der Waals surface area contributed by atoms with Crippen LogP contribution in [-0.2, 0) is 16.1 Å². The fourth-order valence-electron chi connectivity index (χ4n) is 3.13.